The second-order valence-electron chi connectivity index (χ2n) is 4.96. The molecule has 0 aliphatic carbocycles. The predicted molar refractivity (Wildman–Crippen MR) is 86.5 cm³/mol. The molecule has 110 valence electrons. The van der Waals surface area contributed by atoms with Gasteiger partial charge in [-0.05, 0) is 23.8 Å². The van der Waals surface area contributed by atoms with Gasteiger partial charge < -0.3 is 14.9 Å². The Bertz CT molecular complexity index is 600. The molecule has 0 unspecified atom stereocenters. The molecule has 0 bridgehead atoms. The smallest absolute Gasteiger partial charge is 0.225 e. The molecule has 1 aliphatic heterocycles. The number of aliphatic hydroxyl groups is 1. The second kappa shape index (κ2) is 6.41. The van der Waals surface area contributed by atoms with Crippen molar-refractivity contribution in [3.05, 3.63) is 46.7 Å². The molecule has 21 heavy (non-hydrogen) atoms. The molecule has 1 N–H and O–H groups in total. The van der Waals surface area contributed by atoms with Gasteiger partial charge in [0, 0.05) is 48.7 Å². The summed E-state index contributed by atoms with van der Waals surface area (Å²) < 4.78 is 0.955. The molecular weight excluding hydrogens is 332 g/mol. The fraction of sp³-hybridized carbons (Fsp3) is 0.333. The lowest BCUT2D eigenvalue weighted by molar-refractivity contribution is 0.281. The predicted octanol–water partition coefficient (Wildman–Crippen LogP) is 2.06. The van der Waals surface area contributed by atoms with Crippen LogP contribution in [-0.4, -0.2) is 41.3 Å². The molecule has 1 aromatic heterocycles. The van der Waals surface area contributed by atoms with Crippen molar-refractivity contribution in [3.63, 3.8) is 0 Å². The monoisotopic (exact) mass is 348 g/mol. The first kappa shape index (κ1) is 14.3. The van der Waals surface area contributed by atoms with Crippen LogP contribution in [0.5, 0.6) is 0 Å². The van der Waals surface area contributed by atoms with Gasteiger partial charge in [0.25, 0.3) is 0 Å². The molecule has 1 aliphatic rings. The molecule has 1 fully saturated rings. The van der Waals surface area contributed by atoms with Crippen molar-refractivity contribution in [1.82, 2.24) is 9.97 Å². The summed E-state index contributed by atoms with van der Waals surface area (Å²) in [7, 11) is 0. The summed E-state index contributed by atoms with van der Waals surface area (Å²) in [5.74, 6) is 0.800. The first-order valence-corrected chi connectivity index (χ1v) is 7.73. The third kappa shape index (κ3) is 3.16. The van der Waals surface area contributed by atoms with Gasteiger partial charge in [0.05, 0.1) is 6.61 Å². The minimum Gasteiger partial charge on any atom is -0.392 e. The van der Waals surface area contributed by atoms with Crippen LogP contribution in [0.2, 0.25) is 0 Å². The van der Waals surface area contributed by atoms with Gasteiger partial charge in [-0.15, -0.1) is 0 Å². The van der Waals surface area contributed by atoms with E-state index in [4.69, 9.17) is 0 Å². The van der Waals surface area contributed by atoms with Crippen LogP contribution >= 0.6 is 15.9 Å². The zero-order valence-electron chi connectivity index (χ0n) is 11.6. The maximum Gasteiger partial charge on any atom is 0.225 e. The number of benzene rings is 1. The van der Waals surface area contributed by atoms with Gasteiger partial charge in [-0.3, -0.25) is 0 Å². The summed E-state index contributed by atoms with van der Waals surface area (Å²) in [6.45, 7) is 3.74. The van der Waals surface area contributed by atoms with E-state index in [1.165, 1.54) is 5.69 Å². The standard InChI is InChI=1S/C15H17BrN4O/c16-14-10-13(3-2-12(14)11-21)19-6-8-20(9-7-19)15-17-4-1-5-18-15/h1-5,10,21H,6-9,11H2. The van der Waals surface area contributed by atoms with E-state index >= 15 is 0 Å². The lowest BCUT2D eigenvalue weighted by Gasteiger charge is -2.36. The van der Waals surface area contributed by atoms with Gasteiger partial charge in [-0.25, -0.2) is 9.97 Å². The zero-order chi connectivity index (χ0) is 14.7. The highest BCUT2D eigenvalue weighted by Gasteiger charge is 2.19. The highest BCUT2D eigenvalue weighted by Crippen LogP contribution is 2.25. The number of nitrogens with zero attached hydrogens (tertiary/aromatic N) is 4. The highest BCUT2D eigenvalue weighted by molar-refractivity contribution is 9.10. The van der Waals surface area contributed by atoms with Crippen LogP contribution in [0, 0.1) is 0 Å². The number of aromatic nitrogens is 2. The summed E-state index contributed by atoms with van der Waals surface area (Å²) in [6.07, 6.45) is 3.55. The van der Waals surface area contributed by atoms with Crippen molar-refractivity contribution in [2.75, 3.05) is 36.0 Å². The molecular formula is C15H17BrN4O. The number of anilines is 2. The molecule has 1 saturated heterocycles. The largest absolute Gasteiger partial charge is 0.392 e. The highest BCUT2D eigenvalue weighted by atomic mass is 79.9. The molecule has 0 spiro atoms. The Balaban J connectivity index is 1.67. The van der Waals surface area contributed by atoms with E-state index in [-0.39, 0.29) is 6.61 Å². The van der Waals surface area contributed by atoms with E-state index in [0.29, 0.717) is 0 Å². The van der Waals surface area contributed by atoms with Crippen LogP contribution in [0.4, 0.5) is 11.6 Å². The van der Waals surface area contributed by atoms with Gasteiger partial charge in [0.15, 0.2) is 0 Å². The molecule has 0 amide bonds. The van der Waals surface area contributed by atoms with Gasteiger partial charge in [-0.1, -0.05) is 22.0 Å². The third-order valence-corrected chi connectivity index (χ3v) is 4.43. The van der Waals surface area contributed by atoms with E-state index in [2.05, 4.69) is 47.8 Å². The summed E-state index contributed by atoms with van der Waals surface area (Å²) in [5.41, 5.74) is 2.09. The summed E-state index contributed by atoms with van der Waals surface area (Å²) >= 11 is 3.51. The number of rotatable bonds is 3. The molecule has 6 heteroatoms. The zero-order valence-corrected chi connectivity index (χ0v) is 13.2. The molecule has 0 radical (unpaired) electrons. The van der Waals surface area contributed by atoms with Crippen LogP contribution in [0.25, 0.3) is 0 Å². The number of aliphatic hydroxyl groups excluding tert-OH is 1. The van der Waals surface area contributed by atoms with Gasteiger partial charge in [0.2, 0.25) is 5.95 Å². The molecule has 2 aromatic rings. The number of halogens is 1. The Kier molecular flexibility index (Phi) is 4.36. The van der Waals surface area contributed by atoms with Crippen molar-refractivity contribution < 1.29 is 5.11 Å². The van der Waals surface area contributed by atoms with Gasteiger partial charge in [0.1, 0.15) is 0 Å². The lowest BCUT2D eigenvalue weighted by Crippen LogP contribution is -2.47. The first-order chi connectivity index (χ1) is 10.3. The fourth-order valence-corrected chi connectivity index (χ4v) is 2.97. The summed E-state index contributed by atoms with van der Waals surface area (Å²) in [6, 6.07) is 7.93. The normalized spacial score (nSPS) is 15.3. The Hall–Kier alpha value is -1.66. The molecule has 3 rings (SSSR count). The number of piperazine rings is 1. The van der Waals surface area contributed by atoms with Crippen molar-refractivity contribution in [3.8, 4) is 0 Å². The van der Waals surface area contributed by atoms with E-state index in [1.54, 1.807) is 12.4 Å². The van der Waals surface area contributed by atoms with Crippen molar-refractivity contribution in [2.24, 2.45) is 0 Å². The Morgan fingerprint density at radius 1 is 1.05 bits per heavy atom. The van der Waals surface area contributed by atoms with E-state index < -0.39 is 0 Å². The average Bonchev–Trinajstić information content (AvgIpc) is 2.56. The third-order valence-electron chi connectivity index (χ3n) is 3.69. The van der Waals surface area contributed by atoms with Crippen molar-refractivity contribution in [1.29, 1.82) is 0 Å². The van der Waals surface area contributed by atoms with Crippen LogP contribution in [0.1, 0.15) is 5.56 Å². The van der Waals surface area contributed by atoms with Crippen molar-refractivity contribution >= 4 is 27.6 Å². The molecule has 5 nitrogen and oxygen atoms in total. The number of hydrogen-bond acceptors (Lipinski definition) is 5. The van der Waals surface area contributed by atoms with E-state index in [1.807, 2.05) is 12.1 Å². The van der Waals surface area contributed by atoms with Gasteiger partial charge >= 0.3 is 0 Å². The maximum absolute atomic E-state index is 9.22. The Morgan fingerprint density at radius 2 is 1.71 bits per heavy atom. The van der Waals surface area contributed by atoms with Crippen LogP contribution in [-0.2, 0) is 6.61 Å². The first-order valence-electron chi connectivity index (χ1n) is 6.94. The van der Waals surface area contributed by atoms with E-state index in [9.17, 15) is 5.11 Å². The topological polar surface area (TPSA) is 52.5 Å². The Labute approximate surface area is 132 Å². The molecule has 0 atom stereocenters. The minimum atomic E-state index is 0.0555. The average molecular weight is 349 g/mol. The number of hydrogen-bond donors (Lipinski definition) is 1. The quantitative estimate of drug-likeness (QED) is 0.919. The van der Waals surface area contributed by atoms with Crippen LogP contribution in [0.3, 0.4) is 0 Å². The Morgan fingerprint density at radius 3 is 2.33 bits per heavy atom. The van der Waals surface area contributed by atoms with Gasteiger partial charge in [-0.2, -0.15) is 0 Å². The minimum absolute atomic E-state index is 0.0555. The second-order valence-corrected chi connectivity index (χ2v) is 5.81. The van der Waals surface area contributed by atoms with Crippen LogP contribution < -0.4 is 9.80 Å². The summed E-state index contributed by atoms with van der Waals surface area (Å²) in [4.78, 5) is 13.1. The molecule has 2 heterocycles. The maximum atomic E-state index is 9.22. The molecule has 1 aromatic carbocycles. The molecule has 0 saturated carbocycles. The SMILES string of the molecule is OCc1ccc(N2CCN(c3ncccn3)CC2)cc1Br. The lowest BCUT2D eigenvalue weighted by atomic mass is 10.2. The van der Waals surface area contributed by atoms with Crippen molar-refractivity contribution in [2.45, 2.75) is 6.61 Å². The fourth-order valence-electron chi connectivity index (χ4n) is 2.48. The van der Waals surface area contributed by atoms with E-state index in [0.717, 1.165) is 42.2 Å². The van der Waals surface area contributed by atoms with Crippen LogP contribution in [0.15, 0.2) is 41.1 Å². The summed E-state index contributed by atoms with van der Waals surface area (Å²) in [5, 5.41) is 9.22.